The normalized spacial score (nSPS) is 16.4. The minimum absolute atomic E-state index is 0.168. The highest BCUT2D eigenvalue weighted by molar-refractivity contribution is 5.90. The number of ketones is 1. The van der Waals surface area contributed by atoms with Gasteiger partial charge >= 0.3 is 0 Å². The fourth-order valence-corrected chi connectivity index (χ4v) is 3.27. The number of methoxy groups -OCH3 is 1. The first kappa shape index (κ1) is 14.8. The monoisotopic (exact) mass is 298 g/mol. The zero-order valence-electron chi connectivity index (χ0n) is 12.9. The number of hydrogen-bond acceptors (Lipinski definition) is 2. The number of fused-ring (bicyclic) bond motifs is 2. The zero-order valence-corrected chi connectivity index (χ0v) is 12.9. The first-order chi connectivity index (χ1) is 10.6. The molecule has 0 spiro atoms. The second-order valence-electron chi connectivity index (χ2n) is 5.66. The molecule has 1 atom stereocenters. The Labute approximate surface area is 129 Å². The Balaban J connectivity index is 2.19. The van der Waals surface area contributed by atoms with Crippen LogP contribution in [0.15, 0.2) is 36.4 Å². The van der Waals surface area contributed by atoms with Crippen LogP contribution in [0.1, 0.15) is 41.5 Å². The predicted molar refractivity (Wildman–Crippen MR) is 83.9 cm³/mol. The third-order valence-corrected chi connectivity index (χ3v) is 4.41. The quantitative estimate of drug-likeness (QED) is 0.854. The molecular weight excluding hydrogens is 279 g/mol. The van der Waals surface area contributed by atoms with Crippen LogP contribution in [0.4, 0.5) is 4.39 Å². The van der Waals surface area contributed by atoms with Crippen molar-refractivity contribution in [3.63, 3.8) is 0 Å². The third kappa shape index (κ3) is 2.52. The lowest BCUT2D eigenvalue weighted by Gasteiger charge is -2.19. The van der Waals surface area contributed by atoms with E-state index in [1.807, 2.05) is 25.1 Å². The molecule has 2 aromatic carbocycles. The fraction of sp³-hybridized carbons (Fsp3) is 0.316. The minimum Gasteiger partial charge on any atom is -0.497 e. The van der Waals surface area contributed by atoms with E-state index in [2.05, 4.69) is 0 Å². The molecule has 0 bridgehead atoms. The maximum absolute atomic E-state index is 13.6. The number of Topliss-reactive ketones (excluding diaryl/α,β-unsaturated/α-hetero) is 1. The molecule has 0 saturated carbocycles. The fourth-order valence-electron chi connectivity index (χ4n) is 3.27. The average Bonchev–Trinajstić information content (AvgIpc) is 2.70. The van der Waals surface area contributed by atoms with E-state index in [9.17, 15) is 9.18 Å². The van der Waals surface area contributed by atoms with Crippen LogP contribution in [0.2, 0.25) is 0 Å². The van der Waals surface area contributed by atoms with Crippen LogP contribution in [0.3, 0.4) is 0 Å². The minimum atomic E-state index is -0.302. The topological polar surface area (TPSA) is 26.3 Å². The summed E-state index contributed by atoms with van der Waals surface area (Å²) in [4.78, 5) is 12.6. The van der Waals surface area contributed by atoms with Crippen molar-refractivity contribution in [2.24, 2.45) is 0 Å². The largest absolute Gasteiger partial charge is 0.497 e. The number of carbonyl (C=O) groups is 1. The number of hydrogen-bond donors (Lipinski definition) is 0. The Bertz CT molecular complexity index is 721. The van der Waals surface area contributed by atoms with E-state index in [0.29, 0.717) is 6.42 Å². The van der Waals surface area contributed by atoms with Crippen molar-refractivity contribution in [3.05, 3.63) is 64.5 Å². The van der Waals surface area contributed by atoms with Crippen LogP contribution in [0, 0.1) is 5.82 Å². The molecule has 0 aromatic heterocycles. The van der Waals surface area contributed by atoms with Crippen LogP contribution in [-0.2, 0) is 17.6 Å². The van der Waals surface area contributed by atoms with Crippen LogP contribution in [0.25, 0.3) is 0 Å². The van der Waals surface area contributed by atoms with E-state index >= 15 is 0 Å². The van der Waals surface area contributed by atoms with Crippen molar-refractivity contribution in [2.75, 3.05) is 7.11 Å². The highest BCUT2D eigenvalue weighted by atomic mass is 19.1. The summed E-state index contributed by atoms with van der Waals surface area (Å²) in [5.74, 6) is 0.411. The van der Waals surface area contributed by atoms with Crippen LogP contribution < -0.4 is 4.74 Å². The molecule has 22 heavy (non-hydrogen) atoms. The van der Waals surface area contributed by atoms with E-state index in [4.69, 9.17) is 4.74 Å². The van der Waals surface area contributed by atoms with Crippen molar-refractivity contribution >= 4 is 5.78 Å². The van der Waals surface area contributed by atoms with E-state index in [-0.39, 0.29) is 17.5 Å². The Morgan fingerprint density at radius 1 is 1.14 bits per heavy atom. The van der Waals surface area contributed by atoms with Crippen LogP contribution in [-0.4, -0.2) is 12.9 Å². The van der Waals surface area contributed by atoms with Crippen LogP contribution in [0.5, 0.6) is 5.75 Å². The molecule has 0 amide bonds. The van der Waals surface area contributed by atoms with Gasteiger partial charge in [-0.15, -0.1) is 0 Å². The Morgan fingerprint density at radius 2 is 1.77 bits per heavy atom. The molecule has 0 radical (unpaired) electrons. The van der Waals surface area contributed by atoms with Gasteiger partial charge in [-0.25, -0.2) is 4.39 Å². The molecular formula is C19H19FO2. The summed E-state index contributed by atoms with van der Waals surface area (Å²) in [5.41, 5.74) is 4.01. The van der Waals surface area contributed by atoms with Gasteiger partial charge in [0.2, 0.25) is 0 Å². The van der Waals surface area contributed by atoms with Gasteiger partial charge in [-0.3, -0.25) is 4.79 Å². The lowest BCUT2D eigenvalue weighted by molar-refractivity contribution is -0.119. The lowest BCUT2D eigenvalue weighted by atomic mass is 9.84. The first-order valence-electron chi connectivity index (χ1n) is 7.62. The van der Waals surface area contributed by atoms with E-state index in [0.717, 1.165) is 40.8 Å². The van der Waals surface area contributed by atoms with Gasteiger partial charge in [0.1, 0.15) is 17.3 Å². The van der Waals surface area contributed by atoms with E-state index in [1.54, 1.807) is 19.2 Å². The van der Waals surface area contributed by atoms with Crippen molar-refractivity contribution in [2.45, 2.75) is 32.1 Å². The molecule has 0 saturated heterocycles. The maximum Gasteiger partial charge on any atom is 0.144 e. The molecule has 2 aromatic rings. The van der Waals surface area contributed by atoms with Crippen molar-refractivity contribution in [3.8, 4) is 5.75 Å². The van der Waals surface area contributed by atoms with Gasteiger partial charge in [0.15, 0.2) is 0 Å². The average molecular weight is 298 g/mol. The lowest BCUT2D eigenvalue weighted by Crippen LogP contribution is -2.15. The second-order valence-corrected chi connectivity index (χ2v) is 5.66. The highest BCUT2D eigenvalue weighted by Crippen LogP contribution is 2.37. The number of ether oxygens (including phenoxy) is 1. The maximum atomic E-state index is 13.6. The molecule has 2 nitrogen and oxygen atoms in total. The molecule has 3 heteroatoms. The van der Waals surface area contributed by atoms with Gasteiger partial charge in [-0.1, -0.05) is 19.1 Å². The molecule has 0 heterocycles. The summed E-state index contributed by atoms with van der Waals surface area (Å²) in [6, 6.07) is 10.6. The molecule has 1 aliphatic carbocycles. The van der Waals surface area contributed by atoms with Crippen molar-refractivity contribution in [1.29, 1.82) is 0 Å². The van der Waals surface area contributed by atoms with Gasteiger partial charge in [-0.2, -0.15) is 0 Å². The molecule has 3 rings (SSSR count). The molecule has 114 valence electrons. The van der Waals surface area contributed by atoms with Gasteiger partial charge in [0, 0.05) is 6.42 Å². The van der Waals surface area contributed by atoms with Gasteiger partial charge in [0.25, 0.3) is 0 Å². The summed E-state index contributed by atoms with van der Waals surface area (Å²) in [6.45, 7) is 1.87. The predicted octanol–water partition coefficient (Wildman–Crippen LogP) is 4.04. The van der Waals surface area contributed by atoms with Gasteiger partial charge in [0.05, 0.1) is 13.0 Å². The SMILES string of the molecule is CCC(=O)C1c2ccc(F)cc2CCc2cc(OC)ccc21. The molecule has 0 aliphatic heterocycles. The molecule has 0 fully saturated rings. The first-order valence-corrected chi connectivity index (χ1v) is 7.62. The highest BCUT2D eigenvalue weighted by Gasteiger charge is 2.28. The Morgan fingerprint density at radius 3 is 2.41 bits per heavy atom. The number of carbonyl (C=O) groups excluding carboxylic acids is 1. The summed E-state index contributed by atoms with van der Waals surface area (Å²) >= 11 is 0. The Kier molecular flexibility index (Phi) is 3.97. The molecule has 1 aliphatic rings. The standard InChI is InChI=1S/C19H19FO2/c1-3-18(21)19-16-8-6-14(20)10-12(16)4-5-13-11-15(22-2)7-9-17(13)19/h6-11,19H,3-5H2,1-2H3. The van der Waals surface area contributed by atoms with Gasteiger partial charge in [-0.05, 0) is 59.4 Å². The van der Waals surface area contributed by atoms with E-state index in [1.165, 1.54) is 6.07 Å². The summed E-state index contributed by atoms with van der Waals surface area (Å²) in [7, 11) is 1.64. The summed E-state index contributed by atoms with van der Waals surface area (Å²) in [5, 5.41) is 0. The Hall–Kier alpha value is -2.16. The smallest absolute Gasteiger partial charge is 0.144 e. The summed E-state index contributed by atoms with van der Waals surface area (Å²) in [6.07, 6.45) is 1.99. The molecule has 0 N–H and O–H groups in total. The van der Waals surface area contributed by atoms with E-state index < -0.39 is 0 Å². The van der Waals surface area contributed by atoms with Crippen LogP contribution >= 0.6 is 0 Å². The third-order valence-electron chi connectivity index (χ3n) is 4.41. The number of benzene rings is 2. The second kappa shape index (κ2) is 5.91. The molecule has 1 unspecified atom stereocenters. The summed E-state index contributed by atoms with van der Waals surface area (Å²) < 4.78 is 18.9. The van der Waals surface area contributed by atoms with Gasteiger partial charge < -0.3 is 4.74 Å². The zero-order chi connectivity index (χ0) is 15.7. The number of rotatable bonds is 3. The number of halogens is 1. The van der Waals surface area contributed by atoms with Crippen molar-refractivity contribution in [1.82, 2.24) is 0 Å². The van der Waals surface area contributed by atoms with Crippen molar-refractivity contribution < 1.29 is 13.9 Å². The number of aryl methyl sites for hydroxylation is 2.